The molecule has 0 aliphatic rings. The molecule has 1 aromatic rings. The zero-order valence-corrected chi connectivity index (χ0v) is 5.40. The molecule has 10 heavy (non-hydrogen) atoms. The number of nitrogens with zero attached hydrogens (tertiary/aromatic N) is 1. The molecule has 2 N–H and O–H groups in total. The van der Waals surface area contributed by atoms with Crippen molar-refractivity contribution >= 4 is 6.29 Å². The number of aromatic nitrogens is 1. The average Bonchev–Trinajstić information content (AvgIpc) is 2.05. The SMILES string of the molecule is NC([C]=O)[n+]1ccccc1. The molecular weight excluding hydrogens is 128 g/mol. The quantitative estimate of drug-likeness (QED) is 0.559. The van der Waals surface area contributed by atoms with Crippen LogP contribution in [0.1, 0.15) is 6.17 Å². The molecular formula is C7H8N2O+. The van der Waals surface area contributed by atoms with Gasteiger partial charge in [0, 0.05) is 12.1 Å². The van der Waals surface area contributed by atoms with E-state index < -0.39 is 6.17 Å². The van der Waals surface area contributed by atoms with Gasteiger partial charge in [-0.15, -0.1) is 0 Å². The predicted molar refractivity (Wildman–Crippen MR) is 35.6 cm³/mol. The predicted octanol–water partition coefficient (Wildman–Crippen LogP) is -0.459. The third-order valence-electron chi connectivity index (χ3n) is 1.18. The van der Waals surface area contributed by atoms with E-state index in [0.717, 1.165) is 0 Å². The van der Waals surface area contributed by atoms with Gasteiger partial charge in [-0.3, -0.25) is 10.5 Å². The van der Waals surface area contributed by atoms with E-state index in [0.29, 0.717) is 0 Å². The van der Waals surface area contributed by atoms with Gasteiger partial charge in [0.1, 0.15) is 0 Å². The van der Waals surface area contributed by atoms with Crippen LogP contribution in [0.2, 0.25) is 0 Å². The highest BCUT2D eigenvalue weighted by molar-refractivity contribution is 5.52. The number of carbonyl (C=O) groups excluding carboxylic acids is 1. The van der Waals surface area contributed by atoms with E-state index in [1.165, 1.54) is 0 Å². The molecule has 0 fully saturated rings. The van der Waals surface area contributed by atoms with Crippen LogP contribution in [0, 0.1) is 0 Å². The van der Waals surface area contributed by atoms with Crippen LogP contribution in [0.25, 0.3) is 0 Å². The van der Waals surface area contributed by atoms with Crippen molar-refractivity contribution in [2.75, 3.05) is 0 Å². The Labute approximate surface area is 59.1 Å². The van der Waals surface area contributed by atoms with Crippen molar-refractivity contribution in [2.45, 2.75) is 6.17 Å². The maximum absolute atomic E-state index is 10.0. The molecule has 51 valence electrons. The van der Waals surface area contributed by atoms with Gasteiger partial charge in [-0.2, -0.15) is 4.57 Å². The first-order valence-corrected chi connectivity index (χ1v) is 2.93. The highest BCUT2D eigenvalue weighted by atomic mass is 16.1. The third-order valence-corrected chi connectivity index (χ3v) is 1.18. The zero-order valence-electron chi connectivity index (χ0n) is 5.40. The first-order valence-electron chi connectivity index (χ1n) is 2.93. The summed E-state index contributed by atoms with van der Waals surface area (Å²) in [6.45, 7) is 0. The van der Waals surface area contributed by atoms with Gasteiger partial charge in [0.2, 0.25) is 0 Å². The van der Waals surface area contributed by atoms with Crippen molar-refractivity contribution in [3.63, 3.8) is 0 Å². The molecule has 1 rings (SSSR count). The fourth-order valence-electron chi connectivity index (χ4n) is 0.658. The molecule has 0 amide bonds. The Kier molecular flexibility index (Phi) is 2.12. The maximum Gasteiger partial charge on any atom is 0.290 e. The summed E-state index contributed by atoms with van der Waals surface area (Å²) in [5.41, 5.74) is 5.33. The number of hydrogen-bond acceptors (Lipinski definition) is 2. The standard InChI is InChI=1S/C7H8N2O/c8-7(6-10)9-4-2-1-3-5-9/h1-5,7H,8H2/q+1. The molecule has 1 radical (unpaired) electrons. The fraction of sp³-hybridized carbons (Fsp3) is 0.143. The summed E-state index contributed by atoms with van der Waals surface area (Å²) >= 11 is 0. The number of hydrogen-bond donors (Lipinski definition) is 1. The van der Waals surface area contributed by atoms with Crippen molar-refractivity contribution in [1.82, 2.24) is 0 Å². The van der Waals surface area contributed by atoms with Gasteiger partial charge < -0.3 is 0 Å². The van der Waals surface area contributed by atoms with Crippen molar-refractivity contribution < 1.29 is 9.36 Å². The molecule has 0 aliphatic carbocycles. The topological polar surface area (TPSA) is 47.0 Å². The second kappa shape index (κ2) is 3.08. The second-order valence-corrected chi connectivity index (χ2v) is 1.89. The molecule has 0 saturated heterocycles. The first-order chi connectivity index (χ1) is 4.84. The number of nitrogens with two attached hydrogens (primary N) is 1. The molecule has 3 nitrogen and oxygen atoms in total. The zero-order chi connectivity index (χ0) is 7.40. The summed E-state index contributed by atoms with van der Waals surface area (Å²) in [7, 11) is 0. The first kappa shape index (κ1) is 6.89. The molecule has 3 heteroatoms. The Morgan fingerprint density at radius 1 is 1.30 bits per heavy atom. The van der Waals surface area contributed by atoms with Gasteiger partial charge in [-0.05, 0) is 0 Å². The van der Waals surface area contributed by atoms with Crippen LogP contribution in [0.3, 0.4) is 0 Å². The summed E-state index contributed by atoms with van der Waals surface area (Å²) in [5, 5.41) is 0. The molecule has 0 aliphatic heterocycles. The lowest BCUT2D eigenvalue weighted by atomic mass is 10.4. The Hall–Kier alpha value is -1.22. The van der Waals surface area contributed by atoms with Gasteiger partial charge >= 0.3 is 0 Å². The summed E-state index contributed by atoms with van der Waals surface area (Å²) < 4.78 is 1.58. The summed E-state index contributed by atoms with van der Waals surface area (Å²) in [5.74, 6) is 0. The second-order valence-electron chi connectivity index (χ2n) is 1.89. The van der Waals surface area contributed by atoms with Gasteiger partial charge in [0.05, 0.1) is 0 Å². The molecule has 1 unspecified atom stereocenters. The Morgan fingerprint density at radius 3 is 2.40 bits per heavy atom. The van der Waals surface area contributed by atoms with Crippen LogP contribution >= 0.6 is 0 Å². The summed E-state index contributed by atoms with van der Waals surface area (Å²) in [6.07, 6.45) is 4.43. The third kappa shape index (κ3) is 1.39. The van der Waals surface area contributed by atoms with Crippen LogP contribution in [-0.4, -0.2) is 6.29 Å². The molecule has 0 spiro atoms. The molecule has 0 bridgehead atoms. The number of pyridine rings is 1. The van der Waals surface area contributed by atoms with Crippen LogP contribution < -0.4 is 10.3 Å². The van der Waals surface area contributed by atoms with Crippen molar-refractivity contribution in [3.8, 4) is 0 Å². The van der Waals surface area contributed by atoms with Crippen LogP contribution in [0.15, 0.2) is 30.6 Å². The van der Waals surface area contributed by atoms with E-state index in [1.54, 1.807) is 35.4 Å². The van der Waals surface area contributed by atoms with E-state index in [9.17, 15) is 4.79 Å². The van der Waals surface area contributed by atoms with Crippen molar-refractivity contribution in [3.05, 3.63) is 30.6 Å². The summed E-state index contributed by atoms with van der Waals surface area (Å²) in [6, 6.07) is 5.46. The van der Waals surface area contributed by atoms with E-state index >= 15 is 0 Å². The van der Waals surface area contributed by atoms with Crippen LogP contribution in [0.4, 0.5) is 0 Å². The minimum absolute atomic E-state index is 0.679. The molecule has 0 aromatic carbocycles. The van der Waals surface area contributed by atoms with Crippen LogP contribution in [-0.2, 0) is 4.79 Å². The average molecular weight is 136 g/mol. The normalized spacial score (nSPS) is 12.5. The molecule has 1 heterocycles. The lowest BCUT2D eigenvalue weighted by Gasteiger charge is -1.94. The van der Waals surface area contributed by atoms with Crippen molar-refractivity contribution in [2.24, 2.45) is 5.73 Å². The molecule has 0 saturated carbocycles. The number of rotatable bonds is 2. The van der Waals surface area contributed by atoms with E-state index in [4.69, 9.17) is 5.73 Å². The van der Waals surface area contributed by atoms with Crippen molar-refractivity contribution in [1.29, 1.82) is 0 Å². The largest absolute Gasteiger partial charge is 0.290 e. The van der Waals surface area contributed by atoms with Gasteiger partial charge in [0.25, 0.3) is 12.5 Å². The smallest absolute Gasteiger partial charge is 0.281 e. The minimum atomic E-state index is -0.679. The van der Waals surface area contributed by atoms with Crippen LogP contribution in [0.5, 0.6) is 0 Å². The Morgan fingerprint density at radius 2 is 1.90 bits per heavy atom. The minimum Gasteiger partial charge on any atom is -0.281 e. The van der Waals surface area contributed by atoms with E-state index in [-0.39, 0.29) is 0 Å². The highest BCUT2D eigenvalue weighted by Gasteiger charge is 2.09. The fourth-order valence-corrected chi connectivity index (χ4v) is 0.658. The Balaban J connectivity index is 2.84. The maximum atomic E-state index is 10.0. The monoisotopic (exact) mass is 136 g/mol. The van der Waals surface area contributed by atoms with Gasteiger partial charge in [-0.1, -0.05) is 6.07 Å². The Bertz CT molecular complexity index is 210. The lowest BCUT2D eigenvalue weighted by molar-refractivity contribution is -0.705. The van der Waals surface area contributed by atoms with Gasteiger partial charge in [-0.25, -0.2) is 0 Å². The van der Waals surface area contributed by atoms with Gasteiger partial charge in [0.15, 0.2) is 12.4 Å². The highest BCUT2D eigenvalue weighted by Crippen LogP contribution is 1.80. The molecule has 1 aromatic heterocycles. The molecule has 1 atom stereocenters. The van der Waals surface area contributed by atoms with E-state index in [1.807, 2.05) is 6.07 Å². The van der Waals surface area contributed by atoms with E-state index in [2.05, 4.69) is 0 Å². The lowest BCUT2D eigenvalue weighted by Crippen LogP contribution is -2.44. The summed E-state index contributed by atoms with van der Waals surface area (Å²) in [4.78, 5) is 10.0.